The van der Waals surface area contributed by atoms with Crippen molar-refractivity contribution in [2.45, 2.75) is 39.2 Å². The predicted molar refractivity (Wildman–Crippen MR) is 81.3 cm³/mol. The molecule has 3 rings (SSSR count). The molecule has 100 valence electrons. The van der Waals surface area contributed by atoms with E-state index in [2.05, 4.69) is 48.4 Å². The zero-order valence-corrected chi connectivity index (χ0v) is 11.8. The Bertz CT molecular complexity index is 554. The molecular weight excluding hydrogens is 232 g/mol. The van der Waals surface area contributed by atoms with Crippen LogP contribution < -0.4 is 5.32 Å². The van der Waals surface area contributed by atoms with Crippen molar-refractivity contribution in [2.75, 3.05) is 5.32 Å². The van der Waals surface area contributed by atoms with E-state index in [1.54, 1.807) is 0 Å². The van der Waals surface area contributed by atoms with Crippen LogP contribution in [0.1, 0.15) is 33.1 Å². The first-order valence-corrected chi connectivity index (χ1v) is 7.32. The Morgan fingerprint density at radius 1 is 1.05 bits per heavy atom. The average Bonchev–Trinajstić information content (AvgIpc) is 2.37. The number of hydrogen-bond donors (Lipinski definition) is 1. The van der Waals surface area contributed by atoms with Gasteiger partial charge < -0.3 is 5.32 Å². The summed E-state index contributed by atoms with van der Waals surface area (Å²) in [6.07, 6.45) is 5.80. The summed E-state index contributed by atoms with van der Waals surface area (Å²) in [6.45, 7) is 4.74. The van der Waals surface area contributed by atoms with Crippen LogP contribution in [-0.2, 0) is 0 Å². The minimum Gasteiger partial charge on any atom is -0.382 e. The zero-order valence-electron chi connectivity index (χ0n) is 11.8. The highest BCUT2D eigenvalue weighted by atomic mass is 14.9. The number of fused-ring (bicyclic) bond motifs is 1. The summed E-state index contributed by atoms with van der Waals surface area (Å²) in [5.41, 5.74) is 2.30. The van der Waals surface area contributed by atoms with Gasteiger partial charge in [0.25, 0.3) is 0 Å². The second-order valence-corrected chi connectivity index (χ2v) is 6.17. The van der Waals surface area contributed by atoms with Gasteiger partial charge in [-0.05, 0) is 55.4 Å². The highest BCUT2D eigenvalue weighted by Crippen LogP contribution is 2.30. The van der Waals surface area contributed by atoms with Crippen molar-refractivity contribution in [3.63, 3.8) is 0 Å². The molecule has 2 atom stereocenters. The third kappa shape index (κ3) is 2.89. The van der Waals surface area contributed by atoms with Gasteiger partial charge >= 0.3 is 0 Å². The molecule has 1 N–H and O–H groups in total. The molecular formula is C17H22N2. The van der Waals surface area contributed by atoms with Gasteiger partial charge in [-0.15, -0.1) is 0 Å². The summed E-state index contributed by atoms with van der Waals surface area (Å²) in [7, 11) is 0. The molecule has 0 amide bonds. The minimum absolute atomic E-state index is 0.618. The van der Waals surface area contributed by atoms with Crippen LogP contribution in [0.15, 0.2) is 36.5 Å². The molecule has 2 aromatic rings. The molecule has 1 aliphatic carbocycles. The highest BCUT2D eigenvalue weighted by Gasteiger charge is 2.23. The molecule has 1 aromatic carbocycles. The van der Waals surface area contributed by atoms with Crippen LogP contribution in [0.25, 0.3) is 10.9 Å². The maximum absolute atomic E-state index is 4.37. The van der Waals surface area contributed by atoms with Crippen LogP contribution in [0.2, 0.25) is 0 Å². The van der Waals surface area contributed by atoms with Crippen LogP contribution >= 0.6 is 0 Å². The van der Waals surface area contributed by atoms with Gasteiger partial charge in [-0.1, -0.05) is 19.9 Å². The van der Waals surface area contributed by atoms with E-state index >= 15 is 0 Å². The number of pyridine rings is 1. The second kappa shape index (κ2) is 5.20. The number of benzene rings is 1. The van der Waals surface area contributed by atoms with Crippen molar-refractivity contribution in [1.82, 2.24) is 4.98 Å². The van der Waals surface area contributed by atoms with Crippen molar-refractivity contribution in [3.8, 4) is 0 Å². The van der Waals surface area contributed by atoms with Crippen LogP contribution in [0.4, 0.5) is 5.69 Å². The first-order valence-electron chi connectivity index (χ1n) is 7.32. The predicted octanol–water partition coefficient (Wildman–Crippen LogP) is 4.47. The van der Waals surface area contributed by atoms with Crippen LogP contribution in [-0.4, -0.2) is 11.0 Å². The van der Waals surface area contributed by atoms with E-state index in [9.17, 15) is 0 Å². The fourth-order valence-corrected chi connectivity index (χ4v) is 3.47. The largest absolute Gasteiger partial charge is 0.382 e. The molecule has 19 heavy (non-hydrogen) atoms. The number of rotatable bonds is 2. The highest BCUT2D eigenvalue weighted by molar-refractivity contribution is 5.82. The summed E-state index contributed by atoms with van der Waals surface area (Å²) in [4.78, 5) is 4.37. The maximum Gasteiger partial charge on any atom is 0.0703 e. The minimum atomic E-state index is 0.618. The molecule has 0 radical (unpaired) electrons. The Morgan fingerprint density at radius 3 is 2.63 bits per heavy atom. The summed E-state index contributed by atoms with van der Waals surface area (Å²) < 4.78 is 0. The lowest BCUT2D eigenvalue weighted by atomic mass is 9.80. The smallest absolute Gasteiger partial charge is 0.0703 e. The molecule has 2 nitrogen and oxygen atoms in total. The number of nitrogens with zero attached hydrogens (tertiary/aromatic N) is 1. The Kier molecular flexibility index (Phi) is 3.41. The fourth-order valence-electron chi connectivity index (χ4n) is 3.47. The van der Waals surface area contributed by atoms with Gasteiger partial charge in [0.15, 0.2) is 0 Å². The number of hydrogen-bond acceptors (Lipinski definition) is 2. The molecule has 1 heterocycles. The van der Waals surface area contributed by atoms with Crippen molar-refractivity contribution >= 4 is 16.6 Å². The SMILES string of the molecule is CC1CC(C)CC(Nc2ccc3ncccc3c2)C1. The summed E-state index contributed by atoms with van der Waals surface area (Å²) in [5.74, 6) is 1.67. The van der Waals surface area contributed by atoms with Crippen molar-refractivity contribution in [2.24, 2.45) is 11.8 Å². The second-order valence-electron chi connectivity index (χ2n) is 6.17. The Morgan fingerprint density at radius 2 is 1.84 bits per heavy atom. The van der Waals surface area contributed by atoms with E-state index < -0.39 is 0 Å². The summed E-state index contributed by atoms with van der Waals surface area (Å²) in [5, 5.41) is 4.92. The first-order chi connectivity index (χ1) is 9.20. The molecule has 1 aliphatic rings. The summed E-state index contributed by atoms with van der Waals surface area (Å²) >= 11 is 0. The van der Waals surface area contributed by atoms with E-state index in [0.717, 1.165) is 17.4 Å². The normalized spacial score (nSPS) is 27.4. The maximum atomic E-state index is 4.37. The average molecular weight is 254 g/mol. The van der Waals surface area contributed by atoms with Crippen LogP contribution in [0.5, 0.6) is 0 Å². The number of anilines is 1. The van der Waals surface area contributed by atoms with E-state index in [1.165, 1.54) is 30.3 Å². The molecule has 1 aromatic heterocycles. The monoisotopic (exact) mass is 254 g/mol. The van der Waals surface area contributed by atoms with Crippen molar-refractivity contribution in [3.05, 3.63) is 36.5 Å². The molecule has 0 spiro atoms. The lowest BCUT2D eigenvalue weighted by Gasteiger charge is -2.32. The van der Waals surface area contributed by atoms with E-state index in [0.29, 0.717) is 6.04 Å². The fraction of sp³-hybridized carbons (Fsp3) is 0.471. The van der Waals surface area contributed by atoms with Crippen LogP contribution in [0, 0.1) is 11.8 Å². The van der Waals surface area contributed by atoms with Gasteiger partial charge in [0.1, 0.15) is 0 Å². The molecule has 0 saturated heterocycles. The molecule has 1 fully saturated rings. The number of aromatic nitrogens is 1. The molecule has 1 saturated carbocycles. The van der Waals surface area contributed by atoms with Crippen LogP contribution in [0.3, 0.4) is 0 Å². The van der Waals surface area contributed by atoms with E-state index in [1.807, 2.05) is 12.3 Å². The lowest BCUT2D eigenvalue weighted by molar-refractivity contribution is 0.281. The quantitative estimate of drug-likeness (QED) is 0.855. The first kappa shape index (κ1) is 12.5. The number of nitrogens with one attached hydrogen (secondary N) is 1. The van der Waals surface area contributed by atoms with Gasteiger partial charge in [-0.3, -0.25) is 4.98 Å². The van der Waals surface area contributed by atoms with E-state index in [-0.39, 0.29) is 0 Å². The van der Waals surface area contributed by atoms with Gasteiger partial charge in [0, 0.05) is 23.3 Å². The zero-order chi connectivity index (χ0) is 13.2. The van der Waals surface area contributed by atoms with Crippen molar-refractivity contribution < 1.29 is 0 Å². The van der Waals surface area contributed by atoms with Crippen molar-refractivity contribution in [1.29, 1.82) is 0 Å². The lowest BCUT2D eigenvalue weighted by Crippen LogP contribution is -2.30. The third-order valence-corrected chi connectivity index (χ3v) is 4.15. The Balaban J connectivity index is 1.77. The molecule has 0 bridgehead atoms. The van der Waals surface area contributed by atoms with Gasteiger partial charge in [-0.25, -0.2) is 0 Å². The topological polar surface area (TPSA) is 24.9 Å². The standard InChI is InChI=1S/C17H22N2/c1-12-8-13(2)10-16(9-12)19-15-5-6-17-14(11-15)4-3-7-18-17/h3-7,11-13,16,19H,8-10H2,1-2H3. The Hall–Kier alpha value is -1.57. The Labute approximate surface area is 115 Å². The third-order valence-electron chi connectivity index (χ3n) is 4.15. The summed E-state index contributed by atoms with van der Waals surface area (Å²) in [6, 6.07) is 11.2. The van der Waals surface area contributed by atoms with Gasteiger partial charge in [0.2, 0.25) is 0 Å². The molecule has 2 unspecified atom stereocenters. The van der Waals surface area contributed by atoms with E-state index in [4.69, 9.17) is 0 Å². The van der Waals surface area contributed by atoms with Gasteiger partial charge in [-0.2, -0.15) is 0 Å². The molecule has 2 heteroatoms. The molecule has 0 aliphatic heterocycles. The van der Waals surface area contributed by atoms with Gasteiger partial charge in [0.05, 0.1) is 5.52 Å².